The normalized spacial score (nSPS) is 12.8. The van der Waals surface area contributed by atoms with E-state index < -0.39 is 35.9 Å². The molecule has 0 radical (unpaired) electrons. The number of rotatable bonds is 14. The van der Waals surface area contributed by atoms with Crippen LogP contribution >= 0.6 is 0 Å². The van der Waals surface area contributed by atoms with E-state index in [9.17, 15) is 19.5 Å². The molecule has 4 aromatic rings. The highest BCUT2D eigenvalue weighted by Gasteiger charge is 2.33. The van der Waals surface area contributed by atoms with Gasteiger partial charge in [-0.2, -0.15) is 0 Å². The topological polar surface area (TPSA) is 143 Å². The fourth-order valence-electron chi connectivity index (χ4n) is 4.64. The van der Waals surface area contributed by atoms with Crippen LogP contribution in [0.4, 0.5) is 0 Å². The molecule has 0 fully saturated rings. The zero-order valence-electron chi connectivity index (χ0n) is 24.6. The molecule has 44 heavy (non-hydrogen) atoms. The van der Waals surface area contributed by atoms with Gasteiger partial charge in [0.1, 0.15) is 23.9 Å². The van der Waals surface area contributed by atoms with Crippen molar-refractivity contribution in [1.82, 2.24) is 16.0 Å². The van der Waals surface area contributed by atoms with Gasteiger partial charge in [0.2, 0.25) is 11.8 Å². The van der Waals surface area contributed by atoms with Crippen LogP contribution in [-0.2, 0) is 29.1 Å². The number of aliphatic hydroxyl groups excluding tert-OH is 1. The minimum absolute atomic E-state index is 0.139. The van der Waals surface area contributed by atoms with Gasteiger partial charge in [-0.25, -0.2) is 0 Å². The summed E-state index contributed by atoms with van der Waals surface area (Å²) in [5.41, 5.74) is 9.08. The molecule has 0 bridgehead atoms. The predicted octanol–water partition coefficient (Wildman–Crippen LogP) is 3.42. The van der Waals surface area contributed by atoms with Crippen molar-refractivity contribution < 1.29 is 24.2 Å². The van der Waals surface area contributed by atoms with Crippen molar-refractivity contribution >= 4 is 17.7 Å². The highest BCUT2D eigenvalue weighted by Crippen LogP contribution is 2.19. The van der Waals surface area contributed by atoms with Crippen molar-refractivity contribution in [1.29, 1.82) is 0 Å². The molecule has 0 aliphatic rings. The SMILES string of the molecule is CCOc1ccc(C[C@@H](NC(=O)c2ccccc2)C(=O)N[C@H](C(=O)NCc2ccc(CN)cc2)[C@@H](O)c2ccccc2)cc1. The van der Waals surface area contributed by atoms with E-state index in [4.69, 9.17) is 10.5 Å². The Kier molecular flexibility index (Phi) is 11.6. The van der Waals surface area contributed by atoms with Gasteiger partial charge in [-0.15, -0.1) is 0 Å². The Morgan fingerprint density at radius 2 is 1.34 bits per heavy atom. The smallest absolute Gasteiger partial charge is 0.251 e. The van der Waals surface area contributed by atoms with E-state index in [0.717, 1.165) is 16.7 Å². The van der Waals surface area contributed by atoms with Crippen LogP contribution in [0.15, 0.2) is 109 Å². The minimum Gasteiger partial charge on any atom is -0.494 e. The highest BCUT2D eigenvalue weighted by molar-refractivity contribution is 5.98. The monoisotopic (exact) mass is 594 g/mol. The summed E-state index contributed by atoms with van der Waals surface area (Å²) >= 11 is 0. The molecule has 0 saturated carbocycles. The lowest BCUT2D eigenvalue weighted by atomic mass is 9.99. The van der Waals surface area contributed by atoms with Crippen LogP contribution in [0.1, 0.15) is 45.6 Å². The summed E-state index contributed by atoms with van der Waals surface area (Å²) in [6.45, 7) is 2.99. The summed E-state index contributed by atoms with van der Waals surface area (Å²) in [7, 11) is 0. The van der Waals surface area contributed by atoms with E-state index in [2.05, 4.69) is 16.0 Å². The molecule has 228 valence electrons. The molecule has 0 unspecified atom stereocenters. The van der Waals surface area contributed by atoms with Crippen LogP contribution in [0.5, 0.6) is 5.75 Å². The number of aliphatic hydroxyl groups is 1. The predicted molar refractivity (Wildman–Crippen MR) is 169 cm³/mol. The third kappa shape index (κ3) is 9.00. The van der Waals surface area contributed by atoms with Gasteiger partial charge in [0.05, 0.1) is 6.61 Å². The Morgan fingerprint density at radius 3 is 1.95 bits per heavy atom. The second-order valence-corrected chi connectivity index (χ2v) is 10.3. The van der Waals surface area contributed by atoms with Crippen molar-refractivity contribution in [3.63, 3.8) is 0 Å². The molecule has 6 N–H and O–H groups in total. The molecular formula is C35H38N4O5. The number of hydrogen-bond acceptors (Lipinski definition) is 6. The Morgan fingerprint density at radius 1 is 0.750 bits per heavy atom. The highest BCUT2D eigenvalue weighted by atomic mass is 16.5. The Labute approximate surface area is 257 Å². The van der Waals surface area contributed by atoms with Crippen LogP contribution in [0.3, 0.4) is 0 Å². The lowest BCUT2D eigenvalue weighted by Crippen LogP contribution is -2.56. The van der Waals surface area contributed by atoms with Crippen LogP contribution in [0.25, 0.3) is 0 Å². The van der Waals surface area contributed by atoms with Crippen molar-refractivity contribution in [3.05, 3.63) is 137 Å². The summed E-state index contributed by atoms with van der Waals surface area (Å²) in [4.78, 5) is 40.5. The summed E-state index contributed by atoms with van der Waals surface area (Å²) < 4.78 is 5.52. The molecule has 0 spiro atoms. The number of carbonyl (C=O) groups excluding carboxylic acids is 3. The van der Waals surface area contributed by atoms with Crippen molar-refractivity contribution in [2.45, 2.75) is 44.6 Å². The van der Waals surface area contributed by atoms with E-state index in [1.807, 2.05) is 43.3 Å². The van der Waals surface area contributed by atoms with Crippen LogP contribution in [0, 0.1) is 0 Å². The fourth-order valence-corrected chi connectivity index (χ4v) is 4.64. The van der Waals surface area contributed by atoms with Gasteiger partial charge < -0.3 is 31.5 Å². The first kappa shape index (κ1) is 31.9. The summed E-state index contributed by atoms with van der Waals surface area (Å²) in [6, 6.07) is 29.5. The molecule has 0 aliphatic carbocycles. The second-order valence-electron chi connectivity index (χ2n) is 10.3. The average Bonchev–Trinajstić information content (AvgIpc) is 3.07. The average molecular weight is 595 g/mol. The van der Waals surface area contributed by atoms with Crippen molar-refractivity contribution in [2.75, 3.05) is 6.61 Å². The number of benzene rings is 4. The number of ether oxygens (including phenoxy) is 1. The van der Waals surface area contributed by atoms with Gasteiger partial charge in [0, 0.05) is 25.1 Å². The van der Waals surface area contributed by atoms with Gasteiger partial charge in [0.25, 0.3) is 5.91 Å². The first-order chi connectivity index (χ1) is 21.4. The maximum absolute atomic E-state index is 13.8. The third-order valence-electron chi connectivity index (χ3n) is 7.09. The number of hydrogen-bond donors (Lipinski definition) is 5. The van der Waals surface area contributed by atoms with E-state index >= 15 is 0 Å². The number of nitrogens with two attached hydrogens (primary N) is 1. The maximum Gasteiger partial charge on any atom is 0.251 e. The van der Waals surface area contributed by atoms with E-state index in [1.165, 1.54) is 0 Å². The van der Waals surface area contributed by atoms with Gasteiger partial charge >= 0.3 is 0 Å². The zero-order valence-corrected chi connectivity index (χ0v) is 24.6. The van der Waals surface area contributed by atoms with Crippen LogP contribution < -0.4 is 26.4 Å². The largest absolute Gasteiger partial charge is 0.494 e. The number of nitrogens with one attached hydrogen (secondary N) is 3. The third-order valence-corrected chi connectivity index (χ3v) is 7.09. The van der Waals surface area contributed by atoms with Gasteiger partial charge in [-0.1, -0.05) is 84.9 Å². The number of carbonyl (C=O) groups is 3. The molecule has 4 aromatic carbocycles. The van der Waals surface area contributed by atoms with Crippen molar-refractivity contribution in [2.24, 2.45) is 5.73 Å². The molecule has 9 nitrogen and oxygen atoms in total. The number of amides is 3. The van der Waals surface area contributed by atoms with E-state index in [0.29, 0.717) is 30.0 Å². The fraction of sp³-hybridized carbons (Fsp3) is 0.229. The van der Waals surface area contributed by atoms with Gasteiger partial charge in [-0.05, 0) is 53.4 Å². The Balaban J connectivity index is 1.56. The van der Waals surface area contributed by atoms with E-state index in [-0.39, 0.29) is 13.0 Å². The zero-order chi connectivity index (χ0) is 31.3. The van der Waals surface area contributed by atoms with Gasteiger partial charge in [-0.3, -0.25) is 14.4 Å². The second kappa shape index (κ2) is 16.0. The lowest BCUT2D eigenvalue weighted by molar-refractivity contribution is -0.132. The molecule has 3 atom stereocenters. The Bertz CT molecular complexity index is 1500. The molecular weight excluding hydrogens is 556 g/mol. The van der Waals surface area contributed by atoms with Crippen LogP contribution in [0.2, 0.25) is 0 Å². The molecule has 0 saturated heterocycles. The first-order valence-corrected chi connectivity index (χ1v) is 14.5. The maximum atomic E-state index is 13.8. The van der Waals surface area contributed by atoms with Crippen LogP contribution in [-0.4, -0.2) is 41.5 Å². The van der Waals surface area contributed by atoms with Crippen molar-refractivity contribution in [3.8, 4) is 5.75 Å². The summed E-state index contributed by atoms with van der Waals surface area (Å²) in [5.74, 6) is -0.953. The molecule has 0 heterocycles. The molecule has 9 heteroatoms. The summed E-state index contributed by atoms with van der Waals surface area (Å²) in [6.07, 6.45) is -1.21. The van der Waals surface area contributed by atoms with E-state index in [1.54, 1.807) is 72.8 Å². The minimum atomic E-state index is -1.35. The first-order valence-electron chi connectivity index (χ1n) is 14.5. The standard InChI is InChI=1S/C35H38N4O5/c1-2-44-29-19-17-24(18-20-29)21-30(38-33(41)28-11-7-4-8-12-28)34(42)39-31(32(40)27-9-5-3-6-10-27)35(43)37-23-26-15-13-25(22-36)14-16-26/h3-20,30-32,40H,2,21-23,36H2,1H3,(H,37,43)(H,38,41)(H,39,42)/t30-,31+,32+/m1/s1. The molecule has 3 amide bonds. The Hall–Kier alpha value is -4.99. The lowest BCUT2D eigenvalue weighted by Gasteiger charge is -2.27. The molecule has 0 aliphatic heterocycles. The molecule has 0 aromatic heterocycles. The molecule has 4 rings (SSSR count). The quantitative estimate of drug-likeness (QED) is 0.151. The summed E-state index contributed by atoms with van der Waals surface area (Å²) in [5, 5.41) is 19.6. The van der Waals surface area contributed by atoms with Gasteiger partial charge in [0.15, 0.2) is 0 Å².